The van der Waals surface area contributed by atoms with E-state index in [2.05, 4.69) is 32.0 Å². The summed E-state index contributed by atoms with van der Waals surface area (Å²) in [6.45, 7) is 8.76. The Hall–Kier alpha value is -3.68. The number of pyridine rings is 1. The molecule has 0 aliphatic rings. The molecule has 2 N–H and O–H groups in total. The zero-order valence-corrected chi connectivity index (χ0v) is 18.2. The number of nitrogens with zero attached hydrogens (tertiary/aromatic N) is 5. The molecule has 0 saturated heterocycles. The smallest absolute Gasteiger partial charge is 0.319 e. The van der Waals surface area contributed by atoms with Crippen LogP contribution in [0.5, 0.6) is 0 Å². The summed E-state index contributed by atoms with van der Waals surface area (Å²) in [6.07, 6.45) is 1.90. The summed E-state index contributed by atoms with van der Waals surface area (Å²) in [5.74, 6) is 0.842. The molecule has 4 rings (SSSR count). The summed E-state index contributed by atoms with van der Waals surface area (Å²) in [6, 6.07) is 15.0. The Kier molecular flexibility index (Phi) is 5.70. The first-order valence-electron chi connectivity index (χ1n) is 10.4. The highest BCUT2D eigenvalue weighted by Crippen LogP contribution is 2.21. The first-order chi connectivity index (χ1) is 14.9. The number of nitrogens with one attached hydrogen (secondary N) is 2. The van der Waals surface area contributed by atoms with Gasteiger partial charge >= 0.3 is 6.03 Å². The molecule has 1 aromatic carbocycles. The maximum absolute atomic E-state index is 12.8. The van der Waals surface area contributed by atoms with Crippen LogP contribution in [0.15, 0.2) is 54.7 Å². The van der Waals surface area contributed by atoms with Crippen LogP contribution in [0.4, 0.5) is 10.5 Å². The fourth-order valence-corrected chi connectivity index (χ4v) is 3.67. The summed E-state index contributed by atoms with van der Waals surface area (Å²) in [7, 11) is 0. The van der Waals surface area contributed by atoms with E-state index in [1.54, 1.807) is 0 Å². The van der Waals surface area contributed by atoms with Gasteiger partial charge < -0.3 is 10.6 Å². The van der Waals surface area contributed by atoms with Crippen molar-refractivity contribution < 1.29 is 4.79 Å². The quantitative estimate of drug-likeness (QED) is 0.494. The number of aromatic nitrogens is 5. The molecule has 160 valence electrons. The average molecular weight is 418 g/mol. The minimum absolute atomic E-state index is 0.135. The minimum atomic E-state index is -0.283. The van der Waals surface area contributed by atoms with Gasteiger partial charge in [0.05, 0.1) is 18.3 Å². The summed E-state index contributed by atoms with van der Waals surface area (Å²) in [4.78, 5) is 12.8. The molecule has 0 aliphatic carbocycles. The van der Waals surface area contributed by atoms with Crippen molar-refractivity contribution in [3.63, 3.8) is 0 Å². The first kappa shape index (κ1) is 20.6. The Labute approximate surface area is 181 Å². The number of carbonyl (C=O) groups excluding carboxylic acids is 1. The lowest BCUT2D eigenvalue weighted by Crippen LogP contribution is -2.36. The highest BCUT2D eigenvalue weighted by molar-refractivity contribution is 5.89. The van der Waals surface area contributed by atoms with Crippen LogP contribution in [0.25, 0.3) is 5.65 Å². The van der Waals surface area contributed by atoms with Crippen molar-refractivity contribution in [2.75, 3.05) is 5.32 Å². The maximum atomic E-state index is 12.8. The molecule has 1 unspecified atom stereocenters. The Bertz CT molecular complexity index is 1210. The van der Waals surface area contributed by atoms with E-state index in [9.17, 15) is 4.79 Å². The van der Waals surface area contributed by atoms with E-state index in [0.717, 1.165) is 28.3 Å². The van der Waals surface area contributed by atoms with Crippen molar-refractivity contribution in [2.45, 2.75) is 40.3 Å². The Morgan fingerprint density at radius 2 is 1.90 bits per heavy atom. The Morgan fingerprint density at radius 1 is 1.06 bits per heavy atom. The van der Waals surface area contributed by atoms with E-state index in [1.165, 1.54) is 0 Å². The van der Waals surface area contributed by atoms with Gasteiger partial charge in [-0.1, -0.05) is 32.0 Å². The highest BCUT2D eigenvalue weighted by Gasteiger charge is 2.23. The predicted octanol–water partition coefficient (Wildman–Crippen LogP) is 4.11. The van der Waals surface area contributed by atoms with Crippen LogP contribution in [0.3, 0.4) is 0 Å². The van der Waals surface area contributed by atoms with Crippen molar-refractivity contribution in [1.82, 2.24) is 29.7 Å². The molecule has 0 aliphatic heterocycles. The van der Waals surface area contributed by atoms with Gasteiger partial charge in [0.15, 0.2) is 11.5 Å². The van der Waals surface area contributed by atoms with E-state index in [4.69, 9.17) is 0 Å². The number of aryl methyl sites for hydroxylation is 2. The van der Waals surface area contributed by atoms with Crippen molar-refractivity contribution in [1.29, 1.82) is 0 Å². The summed E-state index contributed by atoms with van der Waals surface area (Å²) < 4.78 is 3.86. The van der Waals surface area contributed by atoms with Crippen LogP contribution in [-0.2, 0) is 6.54 Å². The maximum Gasteiger partial charge on any atom is 0.319 e. The largest absolute Gasteiger partial charge is 0.328 e. The van der Waals surface area contributed by atoms with E-state index in [0.29, 0.717) is 12.4 Å². The van der Waals surface area contributed by atoms with Gasteiger partial charge in [-0.3, -0.25) is 9.08 Å². The standard InChI is InChI=1S/C23H27N7O/c1-15(2)21(22-27-26-20-10-5-6-11-29(20)22)25-23(31)24-19-9-7-8-18(13-19)14-30-17(4)12-16(3)28-30/h5-13,15,21H,14H2,1-4H3,(H2,24,25,31). The molecule has 1 atom stereocenters. The van der Waals surface area contributed by atoms with Gasteiger partial charge in [-0.25, -0.2) is 4.79 Å². The van der Waals surface area contributed by atoms with E-state index < -0.39 is 0 Å². The average Bonchev–Trinajstić information content (AvgIpc) is 3.29. The molecule has 0 saturated carbocycles. The molecular formula is C23H27N7O. The second kappa shape index (κ2) is 8.59. The van der Waals surface area contributed by atoms with Gasteiger partial charge in [0, 0.05) is 17.6 Å². The Morgan fingerprint density at radius 3 is 2.65 bits per heavy atom. The van der Waals surface area contributed by atoms with Crippen LogP contribution in [0.2, 0.25) is 0 Å². The number of rotatable bonds is 6. The van der Waals surface area contributed by atoms with Crippen LogP contribution in [0.1, 0.15) is 42.7 Å². The molecular weight excluding hydrogens is 390 g/mol. The van der Waals surface area contributed by atoms with E-state index in [1.807, 2.05) is 85.4 Å². The van der Waals surface area contributed by atoms with Gasteiger partial charge in [0.1, 0.15) is 0 Å². The number of fused-ring (bicyclic) bond motifs is 1. The van der Waals surface area contributed by atoms with Crippen LogP contribution >= 0.6 is 0 Å². The summed E-state index contributed by atoms with van der Waals surface area (Å²) in [5, 5.41) is 19.0. The number of hydrogen-bond acceptors (Lipinski definition) is 4. The van der Waals surface area contributed by atoms with Crippen LogP contribution in [0, 0.1) is 19.8 Å². The fraction of sp³-hybridized carbons (Fsp3) is 0.304. The minimum Gasteiger partial charge on any atom is -0.328 e. The number of urea groups is 1. The molecule has 8 heteroatoms. The molecule has 4 aromatic rings. The molecule has 3 aromatic heterocycles. The van der Waals surface area contributed by atoms with Gasteiger partial charge in [-0.05, 0) is 55.7 Å². The lowest BCUT2D eigenvalue weighted by atomic mass is 10.0. The van der Waals surface area contributed by atoms with E-state index in [-0.39, 0.29) is 18.0 Å². The van der Waals surface area contributed by atoms with Crippen molar-refractivity contribution in [3.05, 3.63) is 77.5 Å². The van der Waals surface area contributed by atoms with Crippen molar-refractivity contribution >= 4 is 17.4 Å². The molecule has 0 bridgehead atoms. The third-order valence-corrected chi connectivity index (χ3v) is 5.19. The Balaban J connectivity index is 1.48. The zero-order valence-electron chi connectivity index (χ0n) is 18.2. The normalized spacial score (nSPS) is 12.3. The lowest BCUT2D eigenvalue weighted by Gasteiger charge is -2.21. The number of benzene rings is 1. The number of hydrogen-bond donors (Lipinski definition) is 2. The highest BCUT2D eigenvalue weighted by atomic mass is 16.2. The van der Waals surface area contributed by atoms with Gasteiger partial charge in [0.25, 0.3) is 0 Å². The molecule has 0 spiro atoms. The summed E-state index contributed by atoms with van der Waals surface area (Å²) >= 11 is 0. The summed E-state index contributed by atoms with van der Waals surface area (Å²) in [5.41, 5.74) is 4.64. The van der Waals surface area contributed by atoms with Gasteiger partial charge in [-0.15, -0.1) is 10.2 Å². The number of carbonyl (C=O) groups is 1. The fourth-order valence-electron chi connectivity index (χ4n) is 3.67. The SMILES string of the molecule is Cc1cc(C)n(Cc2cccc(NC(=O)NC(c3nnc4ccccn34)C(C)C)c2)n1. The second-order valence-electron chi connectivity index (χ2n) is 8.09. The van der Waals surface area contributed by atoms with E-state index >= 15 is 0 Å². The van der Waals surface area contributed by atoms with Gasteiger partial charge in [-0.2, -0.15) is 5.10 Å². The third kappa shape index (κ3) is 4.58. The molecule has 3 heterocycles. The topological polar surface area (TPSA) is 89.1 Å². The number of anilines is 1. The zero-order chi connectivity index (χ0) is 22.0. The van der Waals surface area contributed by atoms with Crippen molar-refractivity contribution in [2.24, 2.45) is 5.92 Å². The first-order valence-corrected chi connectivity index (χ1v) is 10.4. The molecule has 2 amide bonds. The van der Waals surface area contributed by atoms with Crippen LogP contribution < -0.4 is 10.6 Å². The molecule has 0 radical (unpaired) electrons. The second-order valence-corrected chi connectivity index (χ2v) is 8.09. The predicted molar refractivity (Wildman–Crippen MR) is 120 cm³/mol. The monoisotopic (exact) mass is 417 g/mol. The number of amides is 2. The van der Waals surface area contributed by atoms with Crippen molar-refractivity contribution in [3.8, 4) is 0 Å². The molecule has 0 fully saturated rings. The van der Waals surface area contributed by atoms with Gasteiger partial charge in [0.2, 0.25) is 0 Å². The van der Waals surface area contributed by atoms with Crippen LogP contribution in [-0.4, -0.2) is 30.4 Å². The third-order valence-electron chi connectivity index (χ3n) is 5.19. The molecule has 8 nitrogen and oxygen atoms in total. The molecule has 31 heavy (non-hydrogen) atoms. The lowest BCUT2D eigenvalue weighted by molar-refractivity contribution is 0.243.